The fraction of sp³-hybridized carbons (Fsp3) is 0.857. The van der Waals surface area contributed by atoms with Crippen LogP contribution in [-0.4, -0.2) is 30.8 Å². The van der Waals surface area contributed by atoms with Gasteiger partial charge < -0.3 is 9.47 Å². The van der Waals surface area contributed by atoms with Crippen LogP contribution < -0.4 is 11.0 Å². The molecule has 0 radical (unpaired) electrons. The third-order valence-corrected chi connectivity index (χ3v) is 2.21. The van der Waals surface area contributed by atoms with E-state index in [9.17, 15) is 4.79 Å². The molecular weight excluding hydrogens is 192 g/mol. The molecule has 2 rings (SSSR count). The Bertz CT molecular complexity index is 220. The van der Waals surface area contributed by atoms with Crippen LogP contribution in [0.1, 0.15) is 13.8 Å². The Morgan fingerprint density at radius 2 is 1.50 bits per heavy atom. The van der Waals surface area contributed by atoms with E-state index in [0.29, 0.717) is 0 Å². The van der Waals surface area contributed by atoms with Crippen molar-refractivity contribution in [3.05, 3.63) is 0 Å². The first-order valence-electron chi connectivity index (χ1n) is 4.18. The Labute approximate surface area is 80.5 Å². The van der Waals surface area contributed by atoms with Gasteiger partial charge in [0.1, 0.15) is 0 Å². The van der Waals surface area contributed by atoms with Crippen molar-refractivity contribution < 1.29 is 23.9 Å². The van der Waals surface area contributed by atoms with Crippen molar-refractivity contribution in [3.8, 4) is 0 Å². The third kappa shape index (κ3) is 1.44. The Hall–Kier alpha value is -0.570. The van der Waals surface area contributed by atoms with E-state index in [2.05, 4.69) is 11.0 Å². The molecule has 2 aliphatic heterocycles. The van der Waals surface area contributed by atoms with Crippen molar-refractivity contribution >= 4 is 5.78 Å². The lowest BCUT2D eigenvalue weighted by molar-refractivity contribution is -0.161. The number of ether oxygens (including phenoxy) is 2. The summed E-state index contributed by atoms with van der Waals surface area (Å²) in [6.07, 6.45) is 0. The molecule has 0 amide bonds. The van der Waals surface area contributed by atoms with Crippen LogP contribution in [0.5, 0.6) is 0 Å². The second kappa shape index (κ2) is 3.23. The van der Waals surface area contributed by atoms with Crippen LogP contribution in [0.3, 0.4) is 0 Å². The van der Waals surface area contributed by atoms with E-state index >= 15 is 0 Å². The molecule has 0 spiro atoms. The Morgan fingerprint density at radius 3 is 1.79 bits per heavy atom. The molecule has 2 unspecified atom stereocenters. The molecule has 0 aromatic heterocycles. The summed E-state index contributed by atoms with van der Waals surface area (Å²) in [5.41, 5.74) is 2.58. The summed E-state index contributed by atoms with van der Waals surface area (Å²) in [5, 5.41) is 0. The summed E-state index contributed by atoms with van der Waals surface area (Å²) in [6.45, 7) is 3.19. The van der Waals surface area contributed by atoms with Crippen molar-refractivity contribution in [1.82, 2.24) is 11.0 Å². The number of nitrogens with one attached hydrogen (secondary N) is 2. The van der Waals surface area contributed by atoms with Gasteiger partial charge in [-0.15, -0.1) is 0 Å². The van der Waals surface area contributed by atoms with Gasteiger partial charge in [-0.2, -0.15) is 11.0 Å². The van der Waals surface area contributed by atoms with Gasteiger partial charge in [0, 0.05) is 0 Å². The summed E-state index contributed by atoms with van der Waals surface area (Å²) in [7, 11) is 0. The van der Waals surface area contributed by atoms with E-state index in [1.807, 2.05) is 0 Å². The summed E-state index contributed by atoms with van der Waals surface area (Å²) in [5.74, 6) is -0.333. The maximum absolute atomic E-state index is 12.0. The lowest BCUT2D eigenvalue weighted by atomic mass is 10.0. The van der Waals surface area contributed by atoms with E-state index in [4.69, 9.17) is 19.1 Å². The molecule has 0 aromatic rings. The van der Waals surface area contributed by atoms with Crippen molar-refractivity contribution in [2.45, 2.75) is 25.3 Å². The van der Waals surface area contributed by atoms with Crippen LogP contribution in [0.4, 0.5) is 0 Å². The smallest absolute Gasteiger partial charge is 0.229 e. The summed E-state index contributed by atoms with van der Waals surface area (Å²) in [6, 6.07) is 0. The van der Waals surface area contributed by atoms with E-state index in [0.717, 1.165) is 0 Å². The SMILES string of the molecule is CC1(C(=O)C2(C)NOCO2)NOCO1. The molecular formula is C7H12N2O5. The first-order chi connectivity index (χ1) is 6.57. The summed E-state index contributed by atoms with van der Waals surface area (Å²) in [4.78, 5) is 21.5. The molecule has 80 valence electrons. The van der Waals surface area contributed by atoms with Crippen LogP contribution in [0.2, 0.25) is 0 Å². The molecule has 0 aliphatic carbocycles. The second-order valence-electron chi connectivity index (χ2n) is 3.41. The first kappa shape index (κ1) is 9.97. The second-order valence-corrected chi connectivity index (χ2v) is 3.41. The molecule has 7 heteroatoms. The zero-order chi connectivity index (χ0) is 10.2. The van der Waals surface area contributed by atoms with Gasteiger partial charge in [0.15, 0.2) is 13.6 Å². The Kier molecular flexibility index (Phi) is 2.30. The highest BCUT2D eigenvalue weighted by atomic mass is 16.8. The number of carbonyl (C=O) groups excluding carboxylic acids is 1. The average Bonchev–Trinajstić information content (AvgIpc) is 2.75. The number of ketones is 1. The maximum atomic E-state index is 12.0. The highest BCUT2D eigenvalue weighted by Crippen LogP contribution is 2.24. The summed E-state index contributed by atoms with van der Waals surface area (Å²) < 4.78 is 10.2. The van der Waals surface area contributed by atoms with Gasteiger partial charge in [-0.05, 0) is 13.8 Å². The van der Waals surface area contributed by atoms with Crippen LogP contribution >= 0.6 is 0 Å². The minimum atomic E-state index is -1.20. The number of rotatable bonds is 2. The van der Waals surface area contributed by atoms with Crippen molar-refractivity contribution in [1.29, 1.82) is 0 Å². The molecule has 14 heavy (non-hydrogen) atoms. The fourth-order valence-corrected chi connectivity index (χ4v) is 1.37. The van der Waals surface area contributed by atoms with Crippen molar-refractivity contribution in [2.24, 2.45) is 0 Å². The molecule has 0 saturated carbocycles. The molecule has 2 fully saturated rings. The first-order valence-corrected chi connectivity index (χ1v) is 4.18. The lowest BCUT2D eigenvalue weighted by Crippen LogP contribution is -2.59. The van der Waals surface area contributed by atoms with Crippen LogP contribution in [0.25, 0.3) is 0 Å². The van der Waals surface area contributed by atoms with Gasteiger partial charge in [-0.3, -0.25) is 14.5 Å². The van der Waals surface area contributed by atoms with Crippen LogP contribution in [0, 0.1) is 0 Å². The van der Waals surface area contributed by atoms with Gasteiger partial charge >= 0.3 is 0 Å². The van der Waals surface area contributed by atoms with Gasteiger partial charge in [-0.1, -0.05) is 0 Å². The van der Waals surface area contributed by atoms with Gasteiger partial charge in [0.2, 0.25) is 17.2 Å². The predicted octanol–water partition coefficient (Wildman–Crippen LogP) is -0.994. The number of Topliss-reactive ketones (excluding diaryl/α,β-unsaturated/α-hetero) is 1. The molecule has 2 N–H and O–H groups in total. The Morgan fingerprint density at radius 1 is 1.07 bits per heavy atom. The highest BCUT2D eigenvalue weighted by molar-refractivity contribution is 5.93. The standard InChI is InChI=1S/C7H12N2O5/c1-6(8-13-3-11-6)5(10)7(2)9-14-4-12-7/h8-9H,3-4H2,1-2H3. The van der Waals surface area contributed by atoms with Crippen LogP contribution in [-0.2, 0) is 23.9 Å². The monoisotopic (exact) mass is 204 g/mol. The third-order valence-electron chi connectivity index (χ3n) is 2.21. The quantitative estimate of drug-likeness (QED) is 0.597. The molecule has 2 heterocycles. The van der Waals surface area contributed by atoms with Gasteiger partial charge in [-0.25, -0.2) is 0 Å². The predicted molar refractivity (Wildman–Crippen MR) is 42.2 cm³/mol. The van der Waals surface area contributed by atoms with E-state index in [-0.39, 0.29) is 19.4 Å². The highest BCUT2D eigenvalue weighted by Gasteiger charge is 2.51. The van der Waals surface area contributed by atoms with Gasteiger partial charge in [0.25, 0.3) is 0 Å². The largest absolute Gasteiger partial charge is 0.323 e. The zero-order valence-electron chi connectivity index (χ0n) is 7.96. The van der Waals surface area contributed by atoms with Crippen LogP contribution in [0.15, 0.2) is 0 Å². The average molecular weight is 204 g/mol. The maximum Gasteiger partial charge on any atom is 0.229 e. The molecule has 2 atom stereocenters. The minimum Gasteiger partial charge on any atom is -0.323 e. The molecule has 0 aromatic carbocycles. The molecule has 2 saturated heterocycles. The minimum absolute atomic E-state index is 0.0270. The fourth-order valence-electron chi connectivity index (χ4n) is 1.37. The zero-order valence-corrected chi connectivity index (χ0v) is 7.96. The molecule has 2 aliphatic rings. The molecule has 7 nitrogen and oxygen atoms in total. The normalized spacial score (nSPS) is 43.0. The van der Waals surface area contributed by atoms with E-state index in [1.54, 1.807) is 13.8 Å². The lowest BCUT2D eigenvalue weighted by Gasteiger charge is -2.28. The van der Waals surface area contributed by atoms with Crippen molar-refractivity contribution in [2.75, 3.05) is 13.6 Å². The van der Waals surface area contributed by atoms with E-state index < -0.39 is 11.4 Å². The van der Waals surface area contributed by atoms with Crippen molar-refractivity contribution in [3.63, 3.8) is 0 Å². The number of carbonyl (C=O) groups is 1. The van der Waals surface area contributed by atoms with Gasteiger partial charge in [0.05, 0.1) is 0 Å². The Balaban J connectivity index is 2.13. The number of hydrogen-bond donors (Lipinski definition) is 2. The summed E-state index contributed by atoms with van der Waals surface area (Å²) >= 11 is 0. The number of hydrogen-bond acceptors (Lipinski definition) is 7. The molecule has 0 bridgehead atoms. The number of hydroxylamine groups is 2. The van der Waals surface area contributed by atoms with E-state index in [1.165, 1.54) is 0 Å². The topological polar surface area (TPSA) is 78.1 Å².